The van der Waals surface area contributed by atoms with Crippen LogP contribution in [-0.2, 0) is 35.3 Å². The molecular weight excluding hydrogens is 826 g/mol. The van der Waals surface area contributed by atoms with Crippen LogP contribution in [0.3, 0.4) is 0 Å². The van der Waals surface area contributed by atoms with E-state index in [-0.39, 0.29) is 36.8 Å². The predicted molar refractivity (Wildman–Crippen MR) is 216 cm³/mol. The fourth-order valence-electron chi connectivity index (χ4n) is 5.93. The number of rotatable bonds is 16. The van der Waals surface area contributed by atoms with Gasteiger partial charge < -0.3 is 30.5 Å². The van der Waals surface area contributed by atoms with Gasteiger partial charge in [-0.15, -0.1) is 35.3 Å². The van der Waals surface area contributed by atoms with Gasteiger partial charge in [-0.3, -0.25) is 19.3 Å². The Morgan fingerprint density at radius 2 is 1.73 bits per heavy atom. The number of carboxylic acid groups (broad SMARTS) is 2. The van der Waals surface area contributed by atoms with Gasteiger partial charge in [0.15, 0.2) is 12.4 Å². The number of benzene rings is 1. The lowest BCUT2D eigenvalue weighted by Gasteiger charge is -2.49. The zero-order valence-electron chi connectivity index (χ0n) is 31.8. The second kappa shape index (κ2) is 19.2. The van der Waals surface area contributed by atoms with Gasteiger partial charge in [0.1, 0.15) is 28.8 Å². The predicted octanol–water partition coefficient (Wildman–Crippen LogP) is 5.15. The molecule has 14 nitrogen and oxygen atoms in total. The monoisotopic (exact) mass is 870 g/mol. The first kappa shape index (κ1) is 45.1. The Balaban J connectivity index is 1.35. The van der Waals surface area contributed by atoms with Gasteiger partial charge in [-0.25, -0.2) is 14.4 Å². The molecular formula is C37H46Cl2N5O9S3+. The Labute approximate surface area is 348 Å². The number of amides is 4. The molecule has 19 heteroatoms. The van der Waals surface area contributed by atoms with E-state index in [1.54, 1.807) is 88.8 Å². The molecule has 3 heterocycles. The SMILES string of the molecule is CC(C)(C)OC(=O)NCCCN(C(=O)C[n+]1ccc(SCC2=C(C(=O)O)N3C(=O)[C@H](NC(=O)CSc4cc(Cl)ccc4Cl)[C@H]3SC2)cc1)C(C(=O)O)C(C)(C)C. The van der Waals surface area contributed by atoms with E-state index in [0.29, 0.717) is 32.7 Å². The van der Waals surface area contributed by atoms with Crippen molar-refractivity contribution in [1.82, 2.24) is 20.4 Å². The highest BCUT2D eigenvalue weighted by Crippen LogP contribution is 2.42. The molecule has 2 aromatic rings. The first-order valence-electron chi connectivity index (χ1n) is 17.5. The van der Waals surface area contributed by atoms with Crippen LogP contribution in [0.1, 0.15) is 48.0 Å². The summed E-state index contributed by atoms with van der Waals surface area (Å²) in [5, 5.41) is 25.9. The van der Waals surface area contributed by atoms with E-state index in [0.717, 1.165) is 4.90 Å². The molecule has 0 bridgehead atoms. The van der Waals surface area contributed by atoms with Crippen molar-refractivity contribution < 1.29 is 48.3 Å². The quantitative estimate of drug-likeness (QED) is 0.0754. The summed E-state index contributed by atoms with van der Waals surface area (Å²) in [5.41, 5.74) is -1.000. The van der Waals surface area contributed by atoms with Crippen LogP contribution in [-0.4, -0.2) is 109 Å². The number of nitrogens with one attached hydrogen (secondary N) is 2. The molecule has 2 aliphatic rings. The number of hydrogen-bond acceptors (Lipinski definition) is 10. The smallest absolute Gasteiger partial charge is 0.407 e. The van der Waals surface area contributed by atoms with Crippen molar-refractivity contribution in [3.63, 3.8) is 0 Å². The Hall–Kier alpha value is -3.64. The number of fused-ring (bicyclic) bond motifs is 1. The number of aliphatic carboxylic acids is 2. The van der Waals surface area contributed by atoms with Gasteiger partial charge in [-0.05, 0) is 56.4 Å². The fraction of sp³-hybridized carbons (Fsp3) is 0.486. The average Bonchev–Trinajstić information content (AvgIpc) is 3.09. The van der Waals surface area contributed by atoms with E-state index >= 15 is 0 Å². The average molecular weight is 872 g/mol. The van der Waals surface area contributed by atoms with Crippen molar-refractivity contribution in [3.8, 4) is 0 Å². The number of carboxylic acids is 2. The van der Waals surface area contributed by atoms with E-state index < -0.39 is 64.2 Å². The lowest BCUT2D eigenvalue weighted by Crippen LogP contribution is -2.70. The first-order valence-corrected chi connectivity index (χ1v) is 21.3. The second-order valence-electron chi connectivity index (χ2n) is 15.0. The van der Waals surface area contributed by atoms with Gasteiger partial charge in [0.2, 0.25) is 12.5 Å². The maximum absolute atomic E-state index is 13.6. The normalized spacial score (nSPS) is 17.4. The van der Waals surface area contributed by atoms with Crippen LogP contribution >= 0.6 is 58.5 Å². The molecule has 0 radical (unpaired) electrons. The number of ether oxygens (including phenoxy) is 1. The summed E-state index contributed by atoms with van der Waals surface area (Å²) in [6, 6.07) is 6.45. The second-order valence-corrected chi connectivity index (χ2v) is 19.1. The minimum absolute atomic E-state index is 0.0108. The number of β-lactam (4-membered cyclic amide) rings is 1. The molecule has 1 fully saturated rings. The van der Waals surface area contributed by atoms with Gasteiger partial charge in [-0.1, -0.05) is 44.0 Å². The van der Waals surface area contributed by atoms with Gasteiger partial charge >= 0.3 is 18.0 Å². The van der Waals surface area contributed by atoms with Crippen LogP contribution in [0, 0.1) is 5.41 Å². The maximum Gasteiger partial charge on any atom is 0.407 e. The Bertz CT molecular complexity index is 1870. The molecule has 1 aromatic heterocycles. The third kappa shape index (κ3) is 12.2. The number of carbonyl (C=O) groups excluding carboxylic acids is 4. The Morgan fingerprint density at radius 3 is 2.34 bits per heavy atom. The summed E-state index contributed by atoms with van der Waals surface area (Å²) >= 11 is 16.1. The molecule has 3 atom stereocenters. The zero-order valence-corrected chi connectivity index (χ0v) is 35.8. The fourth-order valence-corrected chi connectivity index (χ4v) is 9.60. The molecule has 0 aliphatic carbocycles. The highest BCUT2D eigenvalue weighted by atomic mass is 35.5. The van der Waals surface area contributed by atoms with Gasteiger partial charge in [0.25, 0.3) is 11.8 Å². The van der Waals surface area contributed by atoms with Crippen LogP contribution in [0.15, 0.2) is 63.8 Å². The summed E-state index contributed by atoms with van der Waals surface area (Å²) < 4.78 is 6.87. The molecule has 2 aliphatic heterocycles. The van der Waals surface area contributed by atoms with Crippen molar-refractivity contribution in [2.24, 2.45) is 5.41 Å². The van der Waals surface area contributed by atoms with Crippen molar-refractivity contribution in [1.29, 1.82) is 0 Å². The largest absolute Gasteiger partial charge is 0.480 e. The first-order chi connectivity index (χ1) is 26.2. The lowest BCUT2D eigenvalue weighted by atomic mass is 9.85. The molecule has 1 unspecified atom stereocenters. The number of hydrogen-bond donors (Lipinski definition) is 4. The Kier molecular flexibility index (Phi) is 15.5. The van der Waals surface area contributed by atoms with E-state index in [9.17, 15) is 39.0 Å². The summed E-state index contributed by atoms with van der Waals surface area (Å²) in [6.07, 6.45) is 3.06. The standard InChI is InChI=1S/C37H45Cl2N5O9S3/c1-36(2,3)30(34(50)51)43(13-7-12-40-35(52)53-37(4,5)6)27(46)17-42-14-10-23(11-15-42)54-18-21-19-56-32-28(31(47)44(32)29(21)33(48)49)41-26(45)20-55-25-16-22(38)8-9-24(25)39/h8-11,14-16,28,30,32H,7,12-13,17-20H2,1-6H3,(H3-,40,41,45,48,49,50,51,52)/p+1/t28-,30?,32+/m0/s1. The van der Waals surface area contributed by atoms with E-state index in [2.05, 4.69) is 10.6 Å². The number of aromatic nitrogens is 1. The summed E-state index contributed by atoms with van der Waals surface area (Å²) in [5.74, 6) is -3.09. The van der Waals surface area contributed by atoms with E-state index in [4.69, 9.17) is 27.9 Å². The van der Waals surface area contributed by atoms with Crippen molar-refractivity contribution in [2.45, 2.75) is 87.4 Å². The number of carbonyl (C=O) groups is 6. The molecule has 4 amide bonds. The molecule has 56 heavy (non-hydrogen) atoms. The summed E-state index contributed by atoms with van der Waals surface area (Å²) in [6.45, 7) is 10.6. The number of thioether (sulfide) groups is 3. The minimum atomic E-state index is -1.24. The molecule has 0 spiro atoms. The highest BCUT2D eigenvalue weighted by molar-refractivity contribution is 8.01. The number of pyridine rings is 1. The van der Waals surface area contributed by atoms with Crippen LogP contribution in [0.25, 0.3) is 0 Å². The third-order valence-electron chi connectivity index (χ3n) is 8.34. The van der Waals surface area contributed by atoms with E-state index in [1.807, 2.05) is 0 Å². The molecule has 4 N–H and O–H groups in total. The molecule has 1 aromatic carbocycles. The van der Waals surface area contributed by atoms with Crippen molar-refractivity contribution in [2.75, 3.05) is 30.3 Å². The number of alkyl carbamates (subject to hydrolysis) is 1. The third-order valence-corrected chi connectivity index (χ3v) is 12.5. The molecule has 4 rings (SSSR count). The van der Waals surface area contributed by atoms with Crippen LogP contribution in [0.5, 0.6) is 0 Å². The van der Waals surface area contributed by atoms with Crippen molar-refractivity contribution >= 4 is 94.2 Å². The maximum atomic E-state index is 13.6. The van der Waals surface area contributed by atoms with Crippen LogP contribution in [0.2, 0.25) is 10.0 Å². The summed E-state index contributed by atoms with van der Waals surface area (Å²) in [4.78, 5) is 80.3. The van der Waals surface area contributed by atoms with Gasteiger partial charge in [-0.2, -0.15) is 4.57 Å². The zero-order chi connectivity index (χ0) is 41.5. The summed E-state index contributed by atoms with van der Waals surface area (Å²) in [7, 11) is 0. The molecule has 0 saturated carbocycles. The number of nitrogens with zero attached hydrogens (tertiary/aromatic N) is 3. The molecule has 1 saturated heterocycles. The topological polar surface area (TPSA) is 187 Å². The van der Waals surface area contributed by atoms with Gasteiger partial charge in [0.05, 0.1) is 10.8 Å². The van der Waals surface area contributed by atoms with Crippen LogP contribution in [0.4, 0.5) is 4.79 Å². The lowest BCUT2D eigenvalue weighted by molar-refractivity contribution is -0.685. The molecule has 304 valence electrons. The highest BCUT2D eigenvalue weighted by Gasteiger charge is 2.54. The minimum Gasteiger partial charge on any atom is -0.480 e. The number of halogens is 2. The Morgan fingerprint density at radius 1 is 1.05 bits per heavy atom. The van der Waals surface area contributed by atoms with Gasteiger partial charge in [0, 0.05) is 51.5 Å². The van der Waals surface area contributed by atoms with E-state index in [1.165, 1.54) is 45.1 Å². The van der Waals surface area contributed by atoms with Crippen molar-refractivity contribution in [3.05, 3.63) is 64.0 Å². The van der Waals surface area contributed by atoms with Crippen LogP contribution < -0.4 is 15.2 Å².